The number of alkyl halides is 3. The lowest BCUT2D eigenvalue weighted by molar-refractivity contribution is -0.141. The number of hydrogen-bond acceptors (Lipinski definition) is 4. The second-order valence-electron chi connectivity index (χ2n) is 5.62. The van der Waals surface area contributed by atoms with Gasteiger partial charge in [0.05, 0.1) is 6.33 Å². The van der Waals surface area contributed by atoms with Crippen molar-refractivity contribution in [3.05, 3.63) is 41.5 Å². The Morgan fingerprint density at radius 3 is 2.92 bits per heavy atom. The van der Waals surface area contributed by atoms with Crippen LogP contribution in [0.25, 0.3) is 0 Å². The smallest absolute Gasteiger partial charge is 0.348 e. The highest BCUT2D eigenvalue weighted by atomic mass is 19.4. The summed E-state index contributed by atoms with van der Waals surface area (Å²) in [5.41, 5.74) is 0.153. The molecule has 0 radical (unpaired) electrons. The van der Waals surface area contributed by atoms with Crippen LogP contribution in [-0.2, 0) is 12.6 Å². The first kappa shape index (κ1) is 16.4. The largest absolute Gasteiger partial charge is 0.433 e. The number of aryl methyl sites for hydroxylation is 1. The summed E-state index contributed by atoms with van der Waals surface area (Å²) in [5.74, 6) is -0.402. The number of likely N-dealkylation sites (tertiary alicyclic amines) is 1. The molecular weight excluding hydrogens is 323 g/mol. The fraction of sp³-hybridized carbons (Fsp3) is 0.467. The number of amides is 1. The van der Waals surface area contributed by atoms with Crippen molar-refractivity contribution >= 4 is 5.91 Å². The number of carbonyl (C=O) groups is 1. The number of imidazole rings is 1. The van der Waals surface area contributed by atoms with Crippen molar-refractivity contribution in [3.63, 3.8) is 0 Å². The zero-order chi connectivity index (χ0) is 17.3. The molecule has 0 aromatic carbocycles. The molecule has 3 rings (SSSR count). The maximum atomic E-state index is 12.8. The van der Waals surface area contributed by atoms with Crippen molar-refractivity contribution in [2.45, 2.75) is 31.9 Å². The lowest BCUT2D eigenvalue weighted by Crippen LogP contribution is -2.29. The van der Waals surface area contributed by atoms with E-state index in [1.165, 1.54) is 6.33 Å². The number of nitrogens with one attached hydrogen (secondary N) is 1. The summed E-state index contributed by atoms with van der Waals surface area (Å²) >= 11 is 0. The number of H-pyrrole nitrogens is 1. The van der Waals surface area contributed by atoms with Gasteiger partial charge >= 0.3 is 6.18 Å². The molecule has 0 spiro atoms. The Labute approximate surface area is 136 Å². The molecule has 3 heterocycles. The molecule has 9 heteroatoms. The van der Waals surface area contributed by atoms with Gasteiger partial charge in [0.25, 0.3) is 5.91 Å². The number of aromatic amines is 1. The van der Waals surface area contributed by atoms with Crippen LogP contribution < -0.4 is 0 Å². The predicted octanol–water partition coefficient (Wildman–Crippen LogP) is 2.41. The average Bonchev–Trinajstić information content (AvgIpc) is 3.22. The Morgan fingerprint density at radius 2 is 2.21 bits per heavy atom. The van der Waals surface area contributed by atoms with Crippen molar-refractivity contribution in [1.82, 2.24) is 24.8 Å². The van der Waals surface area contributed by atoms with E-state index in [-0.39, 0.29) is 24.2 Å². The predicted molar refractivity (Wildman–Crippen MR) is 78.3 cm³/mol. The zero-order valence-corrected chi connectivity index (χ0v) is 13.0. The van der Waals surface area contributed by atoms with Gasteiger partial charge in [0.15, 0.2) is 0 Å². The number of hydrogen-bond donors (Lipinski definition) is 1. The minimum atomic E-state index is -4.50. The van der Waals surface area contributed by atoms with Crippen LogP contribution in [0.15, 0.2) is 18.6 Å². The summed E-state index contributed by atoms with van der Waals surface area (Å²) in [5, 5.41) is 0. The van der Waals surface area contributed by atoms with Crippen molar-refractivity contribution in [2.24, 2.45) is 0 Å². The Kier molecular flexibility index (Phi) is 4.25. The van der Waals surface area contributed by atoms with Gasteiger partial charge in [0.1, 0.15) is 17.2 Å². The highest BCUT2D eigenvalue weighted by Gasteiger charge is 2.35. The fourth-order valence-electron chi connectivity index (χ4n) is 2.81. The van der Waals surface area contributed by atoms with Crippen LogP contribution in [0.2, 0.25) is 0 Å². The molecule has 6 nitrogen and oxygen atoms in total. The third-order valence-corrected chi connectivity index (χ3v) is 4.08. The molecule has 1 N–H and O–H groups in total. The third-order valence-electron chi connectivity index (χ3n) is 4.08. The topological polar surface area (TPSA) is 74.8 Å². The minimum absolute atomic E-state index is 0.123. The number of nitrogens with zero attached hydrogens (tertiary/aromatic N) is 4. The van der Waals surface area contributed by atoms with E-state index >= 15 is 0 Å². The quantitative estimate of drug-likeness (QED) is 0.932. The summed E-state index contributed by atoms with van der Waals surface area (Å²) in [6, 6.07) is 0.846. The Morgan fingerprint density at radius 1 is 1.42 bits per heavy atom. The maximum Gasteiger partial charge on any atom is 0.433 e. The molecule has 1 atom stereocenters. The lowest BCUT2D eigenvalue weighted by atomic mass is 10.1. The Hall–Kier alpha value is -2.45. The standard InChI is InChI=1S/C15H16F3N5O/c1-2-10-12(21-8-20-10)14(24)23-6-4-9(7-23)13-19-5-3-11(22-13)15(16,17)18/h3,5,8-9H,2,4,6-7H2,1H3,(H,20,21). The average molecular weight is 339 g/mol. The molecule has 0 bridgehead atoms. The van der Waals surface area contributed by atoms with E-state index < -0.39 is 11.9 Å². The number of halogens is 3. The Balaban J connectivity index is 1.75. The van der Waals surface area contributed by atoms with Gasteiger partial charge in [-0.2, -0.15) is 13.2 Å². The third kappa shape index (κ3) is 3.10. The molecule has 1 aliphatic rings. The molecule has 128 valence electrons. The molecule has 1 unspecified atom stereocenters. The van der Waals surface area contributed by atoms with Gasteiger partial charge in [-0.3, -0.25) is 4.79 Å². The van der Waals surface area contributed by atoms with E-state index in [0.717, 1.165) is 18.0 Å². The SMILES string of the molecule is CCc1[nH]cnc1C(=O)N1CCC(c2nccc(C(F)(F)F)n2)C1. The minimum Gasteiger partial charge on any atom is -0.348 e. The summed E-state index contributed by atoms with van der Waals surface area (Å²) in [6.07, 6.45) is -0.751. The van der Waals surface area contributed by atoms with Gasteiger partial charge in [-0.1, -0.05) is 6.92 Å². The first-order valence-corrected chi connectivity index (χ1v) is 7.61. The van der Waals surface area contributed by atoms with Crippen LogP contribution in [0, 0.1) is 0 Å². The van der Waals surface area contributed by atoms with E-state index in [1.54, 1.807) is 4.90 Å². The van der Waals surface area contributed by atoms with Crippen LogP contribution in [0.4, 0.5) is 13.2 Å². The molecule has 0 saturated carbocycles. The molecule has 1 fully saturated rings. The van der Waals surface area contributed by atoms with Gasteiger partial charge in [-0.15, -0.1) is 0 Å². The number of aromatic nitrogens is 4. The summed E-state index contributed by atoms with van der Waals surface area (Å²) in [6.45, 7) is 2.64. The first-order chi connectivity index (χ1) is 11.4. The van der Waals surface area contributed by atoms with E-state index in [1.807, 2.05) is 6.92 Å². The zero-order valence-electron chi connectivity index (χ0n) is 13.0. The fourth-order valence-corrected chi connectivity index (χ4v) is 2.81. The van der Waals surface area contributed by atoms with E-state index in [0.29, 0.717) is 25.1 Å². The van der Waals surface area contributed by atoms with Gasteiger partial charge < -0.3 is 9.88 Å². The van der Waals surface area contributed by atoms with Crippen LogP contribution in [0.1, 0.15) is 47.0 Å². The van der Waals surface area contributed by atoms with Gasteiger partial charge in [0.2, 0.25) is 0 Å². The summed E-state index contributed by atoms with van der Waals surface area (Å²) < 4.78 is 38.3. The normalized spacial score (nSPS) is 18.2. The monoisotopic (exact) mass is 339 g/mol. The van der Waals surface area contributed by atoms with Crippen molar-refractivity contribution in [2.75, 3.05) is 13.1 Å². The summed E-state index contributed by atoms with van der Waals surface area (Å²) in [4.78, 5) is 28.6. The number of rotatable bonds is 3. The molecular formula is C15H16F3N5O. The molecule has 2 aromatic heterocycles. The van der Waals surface area contributed by atoms with Crippen LogP contribution >= 0.6 is 0 Å². The lowest BCUT2D eigenvalue weighted by Gasteiger charge is -2.16. The van der Waals surface area contributed by atoms with Crippen molar-refractivity contribution in [1.29, 1.82) is 0 Å². The van der Waals surface area contributed by atoms with Crippen molar-refractivity contribution < 1.29 is 18.0 Å². The van der Waals surface area contributed by atoms with Crippen LogP contribution in [0.3, 0.4) is 0 Å². The van der Waals surface area contributed by atoms with Gasteiger partial charge in [-0.25, -0.2) is 15.0 Å². The van der Waals surface area contributed by atoms with E-state index in [9.17, 15) is 18.0 Å². The highest BCUT2D eigenvalue weighted by molar-refractivity contribution is 5.93. The van der Waals surface area contributed by atoms with Gasteiger partial charge in [-0.05, 0) is 18.9 Å². The molecule has 1 saturated heterocycles. The summed E-state index contributed by atoms with van der Waals surface area (Å²) in [7, 11) is 0. The second-order valence-corrected chi connectivity index (χ2v) is 5.62. The van der Waals surface area contributed by atoms with Gasteiger partial charge in [0, 0.05) is 30.9 Å². The van der Waals surface area contributed by atoms with Crippen LogP contribution in [0.5, 0.6) is 0 Å². The molecule has 1 aliphatic heterocycles. The van der Waals surface area contributed by atoms with E-state index in [4.69, 9.17) is 0 Å². The second kappa shape index (κ2) is 6.21. The first-order valence-electron chi connectivity index (χ1n) is 7.61. The molecule has 2 aromatic rings. The Bertz CT molecular complexity index is 743. The van der Waals surface area contributed by atoms with Crippen molar-refractivity contribution in [3.8, 4) is 0 Å². The molecule has 0 aliphatic carbocycles. The maximum absolute atomic E-state index is 12.8. The number of carbonyl (C=O) groups excluding carboxylic acids is 1. The highest BCUT2D eigenvalue weighted by Crippen LogP contribution is 2.30. The molecule has 24 heavy (non-hydrogen) atoms. The van der Waals surface area contributed by atoms with E-state index in [2.05, 4.69) is 19.9 Å². The molecule has 1 amide bonds. The van der Waals surface area contributed by atoms with Crippen LogP contribution in [-0.4, -0.2) is 43.8 Å².